The minimum Gasteiger partial charge on any atom is -0.375 e. The van der Waals surface area contributed by atoms with Crippen LogP contribution in [0.1, 0.15) is 27.7 Å². The third-order valence-electron chi connectivity index (χ3n) is 5.86. The fourth-order valence-electron chi connectivity index (χ4n) is 4.02. The van der Waals surface area contributed by atoms with Gasteiger partial charge in [-0.15, -0.1) is 0 Å². The van der Waals surface area contributed by atoms with Gasteiger partial charge in [-0.25, -0.2) is 0 Å². The van der Waals surface area contributed by atoms with Crippen LogP contribution in [-0.2, 0) is 0 Å². The lowest BCUT2D eigenvalue weighted by atomic mass is 10.0. The van der Waals surface area contributed by atoms with Crippen molar-refractivity contribution < 1.29 is 4.79 Å². The van der Waals surface area contributed by atoms with Gasteiger partial charge in [0.2, 0.25) is 0 Å². The summed E-state index contributed by atoms with van der Waals surface area (Å²) in [6, 6.07) is 27.5. The third kappa shape index (κ3) is 4.66. The number of fused-ring (bicyclic) bond motifs is 1. The molecule has 0 aliphatic heterocycles. The number of aromatic nitrogens is 3. The summed E-state index contributed by atoms with van der Waals surface area (Å²) >= 11 is 0. The highest BCUT2D eigenvalue weighted by Gasteiger charge is 2.15. The zero-order chi connectivity index (χ0) is 23.3. The largest absolute Gasteiger partial charge is 0.375 e. The molecule has 2 heterocycles. The normalized spacial score (nSPS) is 11.8. The van der Waals surface area contributed by atoms with Crippen LogP contribution in [0.25, 0.3) is 22.0 Å². The van der Waals surface area contributed by atoms with Crippen molar-refractivity contribution in [3.05, 3.63) is 114 Å². The van der Waals surface area contributed by atoms with Crippen molar-refractivity contribution in [2.75, 3.05) is 11.9 Å². The van der Waals surface area contributed by atoms with Crippen molar-refractivity contribution in [1.82, 2.24) is 20.5 Å². The summed E-state index contributed by atoms with van der Waals surface area (Å²) in [5.74, 6) is -0.0982. The van der Waals surface area contributed by atoms with Crippen LogP contribution >= 0.6 is 0 Å². The number of benzene rings is 3. The zero-order valence-electron chi connectivity index (χ0n) is 18.8. The molecule has 6 nitrogen and oxygen atoms in total. The van der Waals surface area contributed by atoms with Crippen LogP contribution in [0.15, 0.2) is 97.3 Å². The molecule has 3 N–H and O–H groups in total. The Morgan fingerprint density at radius 3 is 2.47 bits per heavy atom. The quantitative estimate of drug-likeness (QED) is 0.307. The van der Waals surface area contributed by atoms with Crippen LogP contribution in [0.3, 0.4) is 0 Å². The van der Waals surface area contributed by atoms with Crippen molar-refractivity contribution in [1.29, 1.82) is 0 Å². The number of H-pyrrole nitrogens is 1. The first-order chi connectivity index (χ1) is 16.7. The number of aromatic amines is 1. The molecule has 0 bridgehead atoms. The van der Waals surface area contributed by atoms with E-state index in [1.165, 1.54) is 0 Å². The number of carbonyl (C=O) groups is 1. The molecule has 168 valence electrons. The van der Waals surface area contributed by atoms with Crippen molar-refractivity contribution in [2.24, 2.45) is 0 Å². The van der Waals surface area contributed by atoms with E-state index in [9.17, 15) is 4.79 Å². The van der Waals surface area contributed by atoms with Crippen LogP contribution in [0.5, 0.6) is 0 Å². The molecule has 6 heteroatoms. The molecule has 0 spiro atoms. The second kappa shape index (κ2) is 9.58. The van der Waals surface area contributed by atoms with Crippen LogP contribution in [0.4, 0.5) is 5.69 Å². The number of carbonyl (C=O) groups excluding carboxylic acids is 1. The molecule has 0 saturated heterocycles. The van der Waals surface area contributed by atoms with E-state index >= 15 is 0 Å². The van der Waals surface area contributed by atoms with E-state index in [2.05, 4.69) is 56.1 Å². The van der Waals surface area contributed by atoms with Crippen molar-refractivity contribution >= 4 is 22.5 Å². The van der Waals surface area contributed by atoms with E-state index in [4.69, 9.17) is 0 Å². The van der Waals surface area contributed by atoms with E-state index in [0.29, 0.717) is 12.1 Å². The molecule has 0 aliphatic carbocycles. The number of nitrogens with zero attached hydrogens (tertiary/aromatic N) is 2. The van der Waals surface area contributed by atoms with Crippen molar-refractivity contribution in [3.63, 3.8) is 0 Å². The topological polar surface area (TPSA) is 82.7 Å². The molecular formula is C28H25N5O. The van der Waals surface area contributed by atoms with Crippen molar-refractivity contribution in [2.45, 2.75) is 13.0 Å². The maximum absolute atomic E-state index is 12.6. The molecule has 0 unspecified atom stereocenters. The Hall–Kier alpha value is -4.45. The number of hydrogen-bond donors (Lipinski definition) is 3. The first-order valence-corrected chi connectivity index (χ1v) is 11.2. The molecule has 0 saturated carbocycles. The predicted molar refractivity (Wildman–Crippen MR) is 136 cm³/mol. The summed E-state index contributed by atoms with van der Waals surface area (Å²) < 4.78 is 0. The number of amides is 1. The second-order valence-electron chi connectivity index (χ2n) is 8.23. The highest BCUT2D eigenvalue weighted by atomic mass is 16.1. The van der Waals surface area contributed by atoms with Gasteiger partial charge >= 0.3 is 0 Å². The van der Waals surface area contributed by atoms with E-state index in [-0.39, 0.29) is 11.9 Å². The number of anilines is 1. The monoisotopic (exact) mass is 447 g/mol. The minimum atomic E-state index is -0.121. The highest BCUT2D eigenvalue weighted by molar-refractivity contribution is 5.94. The Labute approximate surface area is 198 Å². The van der Waals surface area contributed by atoms with E-state index in [1.54, 1.807) is 6.20 Å². The number of aryl methyl sites for hydroxylation is 1. The molecule has 0 radical (unpaired) electrons. The predicted octanol–water partition coefficient (Wildman–Crippen LogP) is 5.52. The molecule has 5 rings (SSSR count). The molecule has 34 heavy (non-hydrogen) atoms. The van der Waals surface area contributed by atoms with E-state index in [1.807, 2.05) is 67.7 Å². The fourth-order valence-corrected chi connectivity index (χ4v) is 4.02. The van der Waals surface area contributed by atoms with Gasteiger partial charge in [-0.3, -0.25) is 14.9 Å². The number of hydrogen-bond acceptors (Lipinski definition) is 4. The van der Waals surface area contributed by atoms with Crippen LogP contribution < -0.4 is 10.6 Å². The summed E-state index contributed by atoms with van der Waals surface area (Å²) in [7, 11) is 0. The Kier molecular flexibility index (Phi) is 6.03. The third-order valence-corrected chi connectivity index (χ3v) is 5.86. The molecule has 3 aromatic carbocycles. The molecule has 1 atom stereocenters. The lowest BCUT2D eigenvalue weighted by Crippen LogP contribution is -2.31. The lowest BCUT2D eigenvalue weighted by molar-refractivity contribution is 0.0952. The molecular weight excluding hydrogens is 422 g/mol. The molecule has 1 amide bonds. The van der Waals surface area contributed by atoms with Gasteiger partial charge in [0.05, 0.1) is 17.2 Å². The Morgan fingerprint density at radius 1 is 0.912 bits per heavy atom. The summed E-state index contributed by atoms with van der Waals surface area (Å²) in [5.41, 5.74) is 6.66. The molecule has 0 fully saturated rings. The fraction of sp³-hybridized carbons (Fsp3) is 0.107. The minimum absolute atomic E-state index is 0.0982. The number of pyridine rings is 1. The maximum Gasteiger partial charge on any atom is 0.251 e. The summed E-state index contributed by atoms with van der Waals surface area (Å²) in [4.78, 5) is 17.1. The first-order valence-electron chi connectivity index (χ1n) is 11.2. The van der Waals surface area contributed by atoms with Gasteiger partial charge in [0.25, 0.3) is 5.91 Å². The second-order valence-corrected chi connectivity index (χ2v) is 8.23. The lowest BCUT2D eigenvalue weighted by Gasteiger charge is -2.21. The van der Waals surface area contributed by atoms with Crippen LogP contribution in [0, 0.1) is 6.92 Å². The Morgan fingerprint density at radius 2 is 1.68 bits per heavy atom. The summed E-state index contributed by atoms with van der Waals surface area (Å²) in [5, 5.41) is 15.1. The average Bonchev–Trinajstić information content (AvgIpc) is 3.27. The molecule has 2 aromatic heterocycles. The SMILES string of the molecule is Cc1[nH]nc2ccc(-c3cncc(N[C@H](CNC(=O)c4ccccc4)c4ccccc4)c3)cc12. The Bertz CT molecular complexity index is 1410. The van der Waals surface area contributed by atoms with Gasteiger partial charge in [-0.05, 0) is 48.4 Å². The van der Waals surface area contributed by atoms with Gasteiger partial charge in [0.1, 0.15) is 0 Å². The number of nitrogens with one attached hydrogen (secondary N) is 3. The Balaban J connectivity index is 1.38. The molecule has 0 aliphatic rings. The van der Waals surface area contributed by atoms with Crippen molar-refractivity contribution in [3.8, 4) is 11.1 Å². The first kappa shape index (κ1) is 21.4. The highest BCUT2D eigenvalue weighted by Crippen LogP contribution is 2.27. The van der Waals surface area contributed by atoms with Gasteiger partial charge in [0, 0.05) is 41.1 Å². The van der Waals surface area contributed by atoms with E-state index in [0.717, 1.165) is 39.0 Å². The maximum atomic E-state index is 12.6. The van der Waals surface area contributed by atoms with Crippen LogP contribution in [0.2, 0.25) is 0 Å². The average molecular weight is 448 g/mol. The van der Waals surface area contributed by atoms with Crippen LogP contribution in [-0.4, -0.2) is 27.6 Å². The van der Waals surface area contributed by atoms with Gasteiger partial charge in [-0.1, -0.05) is 54.6 Å². The summed E-state index contributed by atoms with van der Waals surface area (Å²) in [6.07, 6.45) is 3.66. The smallest absolute Gasteiger partial charge is 0.251 e. The summed E-state index contributed by atoms with van der Waals surface area (Å²) in [6.45, 7) is 2.45. The van der Waals surface area contributed by atoms with E-state index < -0.39 is 0 Å². The number of rotatable bonds is 7. The van der Waals surface area contributed by atoms with Gasteiger partial charge in [-0.2, -0.15) is 5.10 Å². The zero-order valence-corrected chi connectivity index (χ0v) is 18.8. The van der Waals surface area contributed by atoms with Gasteiger partial charge in [0.15, 0.2) is 0 Å². The standard InChI is InChI=1S/C28H25N5O/c1-19-25-15-22(12-13-26(25)33-32-19)23-14-24(17-29-16-23)31-27(20-8-4-2-5-9-20)18-30-28(34)21-10-6-3-7-11-21/h2-17,27,31H,18H2,1H3,(H,30,34)(H,32,33)/t27-/m1/s1. The van der Waals surface area contributed by atoms with Gasteiger partial charge < -0.3 is 10.6 Å². The molecule has 5 aromatic rings.